The molecule has 0 bridgehead atoms. The van der Waals surface area contributed by atoms with E-state index in [-0.39, 0.29) is 32.0 Å². The van der Waals surface area contributed by atoms with Crippen LogP contribution in [0.2, 0.25) is 0 Å². The van der Waals surface area contributed by atoms with E-state index in [2.05, 4.69) is 4.18 Å². The van der Waals surface area contributed by atoms with Crippen molar-refractivity contribution in [1.29, 1.82) is 0 Å². The number of aliphatic hydroxyl groups excluding tert-OH is 1. The van der Waals surface area contributed by atoms with Gasteiger partial charge in [-0.15, -0.1) is 0 Å². The Labute approximate surface area is 132 Å². The molecule has 4 aliphatic heterocycles. The molecular formula is C12H18O10S. The second-order valence-electron chi connectivity index (χ2n) is 6.03. The number of rotatable bonds is 4. The summed E-state index contributed by atoms with van der Waals surface area (Å²) in [6, 6.07) is 0. The smallest absolute Gasteiger partial charge is 0.388 e. The van der Waals surface area contributed by atoms with E-state index in [0.717, 1.165) is 0 Å². The van der Waals surface area contributed by atoms with Crippen molar-refractivity contribution >= 4 is 10.4 Å². The summed E-state index contributed by atoms with van der Waals surface area (Å²) < 4.78 is 62.9. The molecule has 4 heterocycles. The first-order valence-corrected chi connectivity index (χ1v) is 8.74. The van der Waals surface area contributed by atoms with Gasteiger partial charge in [0.25, 0.3) is 0 Å². The second-order valence-corrected chi connectivity index (χ2v) is 7.08. The minimum atomic E-state index is -4.57. The Kier molecular flexibility index (Phi) is 4.11. The molecule has 4 fully saturated rings. The maximum absolute atomic E-state index is 10.8. The first-order valence-electron chi connectivity index (χ1n) is 7.38. The summed E-state index contributed by atoms with van der Waals surface area (Å²) >= 11 is 0. The molecule has 0 radical (unpaired) electrons. The number of hydrogen-bond acceptors (Lipinski definition) is 9. The van der Waals surface area contributed by atoms with Gasteiger partial charge in [-0.25, -0.2) is 4.18 Å². The van der Waals surface area contributed by atoms with Crippen LogP contribution in [-0.2, 0) is 38.3 Å². The third kappa shape index (κ3) is 3.01. The molecule has 0 aromatic rings. The first kappa shape index (κ1) is 16.1. The molecule has 8 atom stereocenters. The van der Waals surface area contributed by atoms with Crippen molar-refractivity contribution in [2.24, 2.45) is 0 Å². The van der Waals surface area contributed by atoms with Crippen LogP contribution in [0.5, 0.6) is 0 Å². The Balaban J connectivity index is 1.37. The summed E-state index contributed by atoms with van der Waals surface area (Å²) in [4.78, 5) is 0. The Hall–Kier alpha value is -0.370. The minimum absolute atomic E-state index is 0.0165. The molecule has 4 saturated heterocycles. The molecule has 2 N–H and O–H groups in total. The van der Waals surface area contributed by atoms with E-state index in [0.29, 0.717) is 6.61 Å². The van der Waals surface area contributed by atoms with Gasteiger partial charge in [0.15, 0.2) is 0 Å². The topological polar surface area (TPSA) is 130 Å². The van der Waals surface area contributed by atoms with Crippen molar-refractivity contribution < 1.29 is 45.9 Å². The maximum atomic E-state index is 10.8. The summed E-state index contributed by atoms with van der Waals surface area (Å²) in [5.41, 5.74) is 0. The van der Waals surface area contributed by atoms with Gasteiger partial charge in [-0.05, 0) is 0 Å². The second kappa shape index (κ2) is 5.86. The summed E-state index contributed by atoms with van der Waals surface area (Å²) in [7, 11) is -4.57. The molecule has 0 aliphatic carbocycles. The van der Waals surface area contributed by atoms with E-state index in [1.54, 1.807) is 0 Å². The van der Waals surface area contributed by atoms with Crippen molar-refractivity contribution in [1.82, 2.24) is 0 Å². The summed E-state index contributed by atoms with van der Waals surface area (Å²) in [6.07, 6.45) is -4.19. The van der Waals surface area contributed by atoms with Crippen LogP contribution < -0.4 is 0 Å². The Morgan fingerprint density at radius 1 is 0.783 bits per heavy atom. The van der Waals surface area contributed by atoms with Gasteiger partial charge in [-0.3, -0.25) is 4.55 Å². The van der Waals surface area contributed by atoms with E-state index >= 15 is 0 Å². The zero-order valence-electron chi connectivity index (χ0n) is 12.0. The lowest BCUT2D eigenvalue weighted by Crippen LogP contribution is -2.40. The van der Waals surface area contributed by atoms with E-state index in [1.165, 1.54) is 0 Å². The predicted octanol–water partition coefficient (Wildman–Crippen LogP) is -2.12. The first-order chi connectivity index (χ1) is 10.9. The number of aliphatic hydroxyl groups is 1. The molecule has 23 heavy (non-hydrogen) atoms. The molecule has 0 amide bonds. The zero-order valence-corrected chi connectivity index (χ0v) is 12.8. The van der Waals surface area contributed by atoms with Crippen LogP contribution >= 0.6 is 0 Å². The Morgan fingerprint density at radius 3 is 1.91 bits per heavy atom. The van der Waals surface area contributed by atoms with Gasteiger partial charge >= 0.3 is 10.4 Å². The molecule has 11 heteroatoms. The molecule has 0 saturated carbocycles. The SMILES string of the molecule is O=S(=O)(O)O[C@@H]1CO[C@H]2[C@@H]1OC[C@@H]2O[C@H]1CO[C@H]2[C@@H]1OC[C@H]2O. The molecule has 4 rings (SSSR count). The van der Waals surface area contributed by atoms with Crippen molar-refractivity contribution in [2.45, 2.75) is 48.8 Å². The van der Waals surface area contributed by atoms with Crippen LogP contribution in [0.4, 0.5) is 0 Å². The average molecular weight is 354 g/mol. The number of fused-ring (bicyclic) bond motifs is 2. The van der Waals surface area contributed by atoms with Crippen LogP contribution in [0.25, 0.3) is 0 Å². The Bertz CT molecular complexity index is 552. The Morgan fingerprint density at radius 2 is 1.26 bits per heavy atom. The van der Waals surface area contributed by atoms with E-state index < -0.39 is 47.0 Å². The standard InChI is InChI=1S/C12H18O10S/c13-5-1-17-10-6(2-18-9(5)10)21-7-3-19-12-8(4-20-11(7)12)22-23(14,15)16/h5-13H,1-4H2,(H,14,15,16)/t5-,6+,7+,8-,9-,10-,11-,12-/m1/s1. The molecule has 0 spiro atoms. The van der Waals surface area contributed by atoms with Gasteiger partial charge in [0.2, 0.25) is 0 Å². The molecule has 4 aliphatic rings. The van der Waals surface area contributed by atoms with Gasteiger partial charge in [-0.2, -0.15) is 8.42 Å². The van der Waals surface area contributed by atoms with Gasteiger partial charge in [0.05, 0.1) is 26.4 Å². The molecule has 0 aromatic carbocycles. The summed E-state index contributed by atoms with van der Waals surface area (Å²) in [6.45, 7) is 0.697. The van der Waals surface area contributed by atoms with Gasteiger partial charge in [0.1, 0.15) is 48.8 Å². The molecular weight excluding hydrogens is 336 g/mol. The predicted molar refractivity (Wildman–Crippen MR) is 70.0 cm³/mol. The van der Waals surface area contributed by atoms with Crippen molar-refractivity contribution in [3.63, 3.8) is 0 Å². The zero-order chi connectivity index (χ0) is 16.2. The maximum Gasteiger partial charge on any atom is 0.397 e. The molecule has 0 aromatic heterocycles. The van der Waals surface area contributed by atoms with Crippen LogP contribution in [0.3, 0.4) is 0 Å². The molecule has 132 valence electrons. The number of hydrogen-bond donors (Lipinski definition) is 2. The summed E-state index contributed by atoms with van der Waals surface area (Å²) in [5, 5.41) is 9.72. The quantitative estimate of drug-likeness (QED) is 0.541. The van der Waals surface area contributed by atoms with Crippen molar-refractivity contribution in [3.05, 3.63) is 0 Å². The van der Waals surface area contributed by atoms with Crippen molar-refractivity contribution in [3.8, 4) is 0 Å². The third-order valence-electron chi connectivity index (χ3n) is 4.54. The van der Waals surface area contributed by atoms with Gasteiger partial charge in [0, 0.05) is 0 Å². The fourth-order valence-electron chi connectivity index (χ4n) is 3.57. The fraction of sp³-hybridized carbons (Fsp3) is 1.00. The van der Waals surface area contributed by atoms with Crippen LogP contribution in [0, 0.1) is 0 Å². The molecule has 0 unspecified atom stereocenters. The minimum Gasteiger partial charge on any atom is -0.388 e. The van der Waals surface area contributed by atoms with Crippen LogP contribution in [-0.4, -0.2) is 93.3 Å². The van der Waals surface area contributed by atoms with Gasteiger partial charge < -0.3 is 28.8 Å². The lowest BCUT2D eigenvalue weighted by atomic mass is 10.1. The lowest BCUT2D eigenvalue weighted by Gasteiger charge is -2.23. The summed E-state index contributed by atoms with van der Waals surface area (Å²) in [5.74, 6) is 0. The fourth-order valence-corrected chi connectivity index (χ4v) is 4.05. The van der Waals surface area contributed by atoms with Gasteiger partial charge in [-0.1, -0.05) is 0 Å². The third-order valence-corrected chi connectivity index (χ3v) is 5.03. The highest BCUT2D eigenvalue weighted by Gasteiger charge is 2.54. The van der Waals surface area contributed by atoms with E-state index in [4.69, 9.17) is 28.2 Å². The highest BCUT2D eigenvalue weighted by atomic mass is 32.3. The lowest BCUT2D eigenvalue weighted by molar-refractivity contribution is -0.105. The average Bonchev–Trinajstić information content (AvgIpc) is 3.17. The number of ether oxygens (including phenoxy) is 5. The van der Waals surface area contributed by atoms with Crippen LogP contribution in [0.15, 0.2) is 0 Å². The van der Waals surface area contributed by atoms with Crippen LogP contribution in [0.1, 0.15) is 0 Å². The van der Waals surface area contributed by atoms with Crippen molar-refractivity contribution in [2.75, 3.05) is 26.4 Å². The highest BCUT2D eigenvalue weighted by molar-refractivity contribution is 7.80. The highest BCUT2D eigenvalue weighted by Crippen LogP contribution is 2.35. The largest absolute Gasteiger partial charge is 0.397 e. The monoisotopic (exact) mass is 354 g/mol. The van der Waals surface area contributed by atoms with E-state index in [9.17, 15) is 13.5 Å². The molecule has 10 nitrogen and oxygen atoms in total. The van der Waals surface area contributed by atoms with E-state index in [1.807, 2.05) is 0 Å². The normalized spacial score (nSPS) is 49.5.